The second-order valence-electron chi connectivity index (χ2n) is 6.82. The van der Waals surface area contributed by atoms with Crippen molar-refractivity contribution in [1.82, 2.24) is 4.90 Å². The summed E-state index contributed by atoms with van der Waals surface area (Å²) < 4.78 is 22.3. The van der Waals surface area contributed by atoms with E-state index in [1.54, 1.807) is 4.90 Å². The number of nitrogens with zero attached hydrogens (tertiary/aromatic N) is 2. The van der Waals surface area contributed by atoms with E-state index in [1.165, 1.54) is 11.3 Å². The Kier molecular flexibility index (Phi) is 3.22. The Morgan fingerprint density at radius 3 is 2.65 bits per heavy atom. The van der Waals surface area contributed by atoms with Gasteiger partial charge in [-0.1, -0.05) is 18.2 Å². The van der Waals surface area contributed by atoms with Crippen LogP contribution in [0.3, 0.4) is 0 Å². The second kappa shape index (κ2) is 4.95. The molecule has 1 amide bonds. The SMILES string of the molecule is NS(=O)(=O)C1(C(=O)N2CCCN3c4ccccc4CC3C2)CC1. The fourth-order valence-corrected chi connectivity index (χ4v) is 5.02. The number of anilines is 1. The highest BCUT2D eigenvalue weighted by Gasteiger charge is 2.61. The average molecular weight is 335 g/mol. The van der Waals surface area contributed by atoms with Gasteiger partial charge in [0, 0.05) is 25.3 Å². The first-order chi connectivity index (χ1) is 10.9. The molecule has 23 heavy (non-hydrogen) atoms. The zero-order chi connectivity index (χ0) is 16.2. The van der Waals surface area contributed by atoms with Crippen LogP contribution >= 0.6 is 0 Å². The quantitative estimate of drug-likeness (QED) is 0.852. The summed E-state index contributed by atoms with van der Waals surface area (Å²) in [6.45, 7) is 2.07. The third-order valence-electron chi connectivity index (χ3n) is 5.38. The first-order valence-electron chi connectivity index (χ1n) is 8.09. The van der Waals surface area contributed by atoms with Gasteiger partial charge in [0.2, 0.25) is 15.9 Å². The van der Waals surface area contributed by atoms with Crippen LogP contribution in [0.15, 0.2) is 24.3 Å². The van der Waals surface area contributed by atoms with Crippen LogP contribution in [0.25, 0.3) is 0 Å². The highest BCUT2D eigenvalue weighted by molar-refractivity contribution is 7.91. The third kappa shape index (κ3) is 2.25. The molecule has 1 aromatic carbocycles. The summed E-state index contributed by atoms with van der Waals surface area (Å²) >= 11 is 0. The summed E-state index contributed by atoms with van der Waals surface area (Å²) in [5, 5.41) is 5.31. The lowest BCUT2D eigenvalue weighted by molar-refractivity contribution is -0.131. The lowest BCUT2D eigenvalue weighted by Gasteiger charge is -2.29. The van der Waals surface area contributed by atoms with Crippen LogP contribution < -0.4 is 10.0 Å². The molecule has 1 unspecified atom stereocenters. The molecule has 0 spiro atoms. The van der Waals surface area contributed by atoms with Crippen LogP contribution in [0.1, 0.15) is 24.8 Å². The Hall–Kier alpha value is -1.60. The van der Waals surface area contributed by atoms with Gasteiger partial charge in [0.1, 0.15) is 0 Å². The van der Waals surface area contributed by atoms with Crippen molar-refractivity contribution in [2.75, 3.05) is 24.5 Å². The largest absolute Gasteiger partial charge is 0.366 e. The van der Waals surface area contributed by atoms with Gasteiger partial charge in [-0.05, 0) is 37.3 Å². The van der Waals surface area contributed by atoms with Gasteiger partial charge in [0.15, 0.2) is 4.75 Å². The predicted octanol–water partition coefficient (Wildman–Crippen LogP) is 0.471. The van der Waals surface area contributed by atoms with E-state index in [0.29, 0.717) is 25.9 Å². The maximum Gasteiger partial charge on any atom is 0.245 e. The van der Waals surface area contributed by atoms with E-state index in [0.717, 1.165) is 19.4 Å². The minimum atomic E-state index is -3.83. The molecule has 0 radical (unpaired) electrons. The van der Waals surface area contributed by atoms with E-state index in [9.17, 15) is 13.2 Å². The summed E-state index contributed by atoms with van der Waals surface area (Å²) in [5.41, 5.74) is 2.55. The lowest BCUT2D eigenvalue weighted by atomic mass is 10.1. The Balaban J connectivity index is 1.57. The van der Waals surface area contributed by atoms with Crippen molar-refractivity contribution in [3.8, 4) is 0 Å². The molecule has 2 fully saturated rings. The molecule has 3 aliphatic rings. The molecular formula is C16H21N3O3S. The zero-order valence-corrected chi connectivity index (χ0v) is 13.8. The number of rotatable bonds is 2. The molecule has 6 nitrogen and oxygen atoms in total. The zero-order valence-electron chi connectivity index (χ0n) is 12.9. The number of para-hydroxylation sites is 1. The Morgan fingerprint density at radius 2 is 1.96 bits per heavy atom. The molecule has 1 saturated carbocycles. The number of benzene rings is 1. The van der Waals surface area contributed by atoms with Crippen LogP contribution in [-0.4, -0.2) is 49.6 Å². The molecule has 0 aromatic heterocycles. The molecule has 1 atom stereocenters. The fourth-order valence-electron chi connectivity index (χ4n) is 3.97. The Bertz CT molecular complexity index is 758. The highest BCUT2D eigenvalue weighted by Crippen LogP contribution is 2.44. The number of primary sulfonamides is 1. The van der Waals surface area contributed by atoms with E-state index in [4.69, 9.17) is 5.14 Å². The number of sulfonamides is 1. The van der Waals surface area contributed by atoms with E-state index in [-0.39, 0.29) is 11.9 Å². The first-order valence-corrected chi connectivity index (χ1v) is 9.63. The number of hydrogen-bond acceptors (Lipinski definition) is 4. The van der Waals surface area contributed by atoms with Gasteiger partial charge in [-0.2, -0.15) is 0 Å². The number of carbonyl (C=O) groups excluding carboxylic acids is 1. The number of carbonyl (C=O) groups is 1. The van der Waals surface area contributed by atoms with Gasteiger partial charge in [-0.25, -0.2) is 13.6 Å². The third-order valence-corrected chi connectivity index (χ3v) is 7.05. The maximum absolute atomic E-state index is 12.8. The van der Waals surface area contributed by atoms with E-state index in [2.05, 4.69) is 17.0 Å². The maximum atomic E-state index is 12.8. The summed E-state index contributed by atoms with van der Waals surface area (Å²) in [4.78, 5) is 16.9. The van der Waals surface area contributed by atoms with E-state index >= 15 is 0 Å². The van der Waals surface area contributed by atoms with Crippen molar-refractivity contribution in [3.05, 3.63) is 29.8 Å². The Morgan fingerprint density at radius 1 is 1.22 bits per heavy atom. The van der Waals surface area contributed by atoms with Crippen LogP contribution in [0, 0.1) is 0 Å². The van der Waals surface area contributed by atoms with Crippen LogP contribution in [-0.2, 0) is 21.2 Å². The van der Waals surface area contributed by atoms with Crippen LogP contribution in [0.2, 0.25) is 0 Å². The number of amides is 1. The molecule has 1 aromatic rings. The molecule has 2 aliphatic heterocycles. The van der Waals surface area contributed by atoms with Gasteiger partial charge in [0.05, 0.1) is 6.04 Å². The molecular weight excluding hydrogens is 314 g/mol. The summed E-state index contributed by atoms with van der Waals surface area (Å²) in [7, 11) is -3.83. The molecule has 1 aliphatic carbocycles. The topological polar surface area (TPSA) is 83.7 Å². The van der Waals surface area contributed by atoms with Crippen LogP contribution in [0.4, 0.5) is 5.69 Å². The molecule has 1 saturated heterocycles. The van der Waals surface area contributed by atoms with Gasteiger partial charge < -0.3 is 9.80 Å². The van der Waals surface area contributed by atoms with Crippen molar-refractivity contribution < 1.29 is 13.2 Å². The number of fused-ring (bicyclic) bond motifs is 3. The molecule has 2 heterocycles. The highest BCUT2D eigenvalue weighted by atomic mass is 32.2. The van der Waals surface area contributed by atoms with Crippen molar-refractivity contribution >= 4 is 21.6 Å². The van der Waals surface area contributed by atoms with Crippen molar-refractivity contribution in [2.45, 2.75) is 36.5 Å². The van der Waals surface area contributed by atoms with Crippen LogP contribution in [0.5, 0.6) is 0 Å². The predicted molar refractivity (Wildman–Crippen MR) is 87.5 cm³/mol. The number of nitrogens with two attached hydrogens (primary N) is 1. The average Bonchev–Trinajstić information content (AvgIpc) is 3.28. The monoisotopic (exact) mass is 335 g/mol. The summed E-state index contributed by atoms with van der Waals surface area (Å²) in [6.07, 6.45) is 2.46. The molecule has 0 bridgehead atoms. The van der Waals surface area contributed by atoms with Crippen molar-refractivity contribution in [2.24, 2.45) is 5.14 Å². The Labute approximate surface area is 136 Å². The first kappa shape index (κ1) is 15.0. The molecule has 7 heteroatoms. The minimum absolute atomic E-state index is 0.232. The smallest absolute Gasteiger partial charge is 0.245 e. The van der Waals surface area contributed by atoms with Gasteiger partial charge in [-0.15, -0.1) is 0 Å². The second-order valence-corrected chi connectivity index (χ2v) is 8.70. The molecule has 2 N–H and O–H groups in total. The lowest BCUT2D eigenvalue weighted by Crippen LogP contribution is -2.50. The fraction of sp³-hybridized carbons (Fsp3) is 0.562. The van der Waals surface area contributed by atoms with Gasteiger partial charge in [0.25, 0.3) is 0 Å². The summed E-state index contributed by atoms with van der Waals surface area (Å²) in [5.74, 6) is -0.294. The molecule has 124 valence electrons. The minimum Gasteiger partial charge on any atom is -0.366 e. The number of hydrogen-bond donors (Lipinski definition) is 1. The van der Waals surface area contributed by atoms with E-state index < -0.39 is 14.8 Å². The van der Waals surface area contributed by atoms with Gasteiger partial charge in [-0.3, -0.25) is 4.79 Å². The standard InChI is InChI=1S/C16H21N3O3S/c17-23(21,22)16(6-7-16)15(20)18-8-3-9-19-13(11-18)10-12-4-1-2-5-14(12)19/h1-2,4-5,13H,3,6-11H2,(H2,17,21,22). The normalized spacial score (nSPS) is 25.5. The van der Waals surface area contributed by atoms with Crippen molar-refractivity contribution in [1.29, 1.82) is 0 Å². The molecule has 4 rings (SSSR count). The summed E-state index contributed by atoms with van der Waals surface area (Å²) in [6, 6.07) is 8.56. The van der Waals surface area contributed by atoms with E-state index in [1.807, 2.05) is 12.1 Å². The van der Waals surface area contributed by atoms with Gasteiger partial charge >= 0.3 is 0 Å². The van der Waals surface area contributed by atoms with Crippen molar-refractivity contribution in [3.63, 3.8) is 0 Å².